The summed E-state index contributed by atoms with van der Waals surface area (Å²) in [6.45, 7) is 1.98. The normalized spacial score (nSPS) is 11.2. The van der Waals surface area contributed by atoms with E-state index in [1.54, 1.807) is 0 Å². The Kier molecular flexibility index (Phi) is 4.60. The monoisotopic (exact) mass is 274 g/mol. The summed E-state index contributed by atoms with van der Waals surface area (Å²) in [5.41, 5.74) is 0. The van der Waals surface area contributed by atoms with Gasteiger partial charge in [-0.15, -0.1) is 0 Å². The van der Waals surface area contributed by atoms with Crippen molar-refractivity contribution in [3.63, 3.8) is 0 Å². The lowest BCUT2D eigenvalue weighted by atomic mass is 10.3. The van der Waals surface area contributed by atoms with Gasteiger partial charge in [-0.05, 0) is 24.3 Å². The molecule has 0 unspecified atom stereocenters. The molecule has 0 saturated carbocycles. The second-order valence-electron chi connectivity index (χ2n) is 4.07. The Morgan fingerprint density at radius 1 is 0.842 bits per heavy atom. The fourth-order valence-corrected chi connectivity index (χ4v) is 2.18. The number of hydrogen-bond donors (Lipinski definition) is 0. The van der Waals surface area contributed by atoms with Gasteiger partial charge < -0.3 is 13.9 Å². The fourth-order valence-electron chi connectivity index (χ4n) is 1.73. The second-order valence-corrected chi connectivity index (χ2v) is 4.48. The van der Waals surface area contributed by atoms with Gasteiger partial charge in [-0.25, -0.2) is 0 Å². The second kappa shape index (κ2) is 6.40. The Morgan fingerprint density at radius 3 is 1.58 bits per heavy atom. The third-order valence-corrected chi connectivity index (χ3v) is 3.40. The number of benzene rings is 2. The Morgan fingerprint density at radius 2 is 1.26 bits per heavy atom. The SMILES string of the molecule is CCC(O[SiH3])(Oc1ccccc1)Oc1ccccc1. The highest BCUT2D eigenvalue weighted by atomic mass is 28.2. The van der Waals surface area contributed by atoms with E-state index in [2.05, 4.69) is 0 Å². The maximum Gasteiger partial charge on any atom is 0.360 e. The van der Waals surface area contributed by atoms with Gasteiger partial charge in [0.15, 0.2) is 10.5 Å². The average molecular weight is 274 g/mol. The molecule has 0 aliphatic rings. The van der Waals surface area contributed by atoms with Gasteiger partial charge in [-0.3, -0.25) is 0 Å². The molecule has 0 atom stereocenters. The first-order chi connectivity index (χ1) is 9.28. The van der Waals surface area contributed by atoms with E-state index >= 15 is 0 Å². The molecule has 0 fully saturated rings. The largest absolute Gasteiger partial charge is 0.431 e. The van der Waals surface area contributed by atoms with E-state index in [0.717, 1.165) is 11.5 Å². The van der Waals surface area contributed by atoms with Gasteiger partial charge in [-0.1, -0.05) is 43.3 Å². The highest BCUT2D eigenvalue weighted by Crippen LogP contribution is 2.25. The summed E-state index contributed by atoms with van der Waals surface area (Å²) in [5, 5.41) is 0. The van der Waals surface area contributed by atoms with Crippen molar-refractivity contribution in [3.8, 4) is 11.5 Å². The standard InChI is InChI=1S/C15H18O3Si/c1-2-15(18-19,16-13-9-5-3-6-10-13)17-14-11-7-4-8-12-14/h3-12H,2H2,1,19H3. The molecule has 4 heteroatoms. The van der Waals surface area contributed by atoms with Gasteiger partial charge in [0.2, 0.25) is 0 Å². The summed E-state index contributed by atoms with van der Waals surface area (Å²) in [5.74, 6) is 0.418. The van der Waals surface area contributed by atoms with Gasteiger partial charge in [0.05, 0.1) is 6.42 Å². The van der Waals surface area contributed by atoms with Gasteiger partial charge in [-0.2, -0.15) is 0 Å². The summed E-state index contributed by atoms with van der Waals surface area (Å²) in [7, 11) is 0.527. The zero-order chi connectivity index (χ0) is 13.6. The molecule has 3 nitrogen and oxygen atoms in total. The molecule has 2 aromatic carbocycles. The van der Waals surface area contributed by atoms with Crippen LogP contribution in [0.1, 0.15) is 13.3 Å². The number of para-hydroxylation sites is 2. The van der Waals surface area contributed by atoms with E-state index in [1.807, 2.05) is 67.6 Å². The van der Waals surface area contributed by atoms with Crippen molar-refractivity contribution < 1.29 is 13.9 Å². The minimum atomic E-state index is -1.05. The zero-order valence-electron chi connectivity index (χ0n) is 11.2. The molecular weight excluding hydrogens is 256 g/mol. The summed E-state index contributed by atoms with van der Waals surface area (Å²) in [6, 6.07) is 19.1. The van der Waals surface area contributed by atoms with Crippen molar-refractivity contribution in [1.82, 2.24) is 0 Å². The molecule has 0 heterocycles. The maximum atomic E-state index is 5.89. The maximum absolute atomic E-state index is 5.89. The molecule has 0 bridgehead atoms. The lowest BCUT2D eigenvalue weighted by Gasteiger charge is -2.32. The van der Waals surface area contributed by atoms with Gasteiger partial charge >= 0.3 is 5.97 Å². The molecule has 0 N–H and O–H groups in total. The predicted molar refractivity (Wildman–Crippen MR) is 78.2 cm³/mol. The van der Waals surface area contributed by atoms with Crippen molar-refractivity contribution in [2.24, 2.45) is 0 Å². The van der Waals surface area contributed by atoms with Crippen molar-refractivity contribution in [3.05, 3.63) is 60.7 Å². The third-order valence-electron chi connectivity index (χ3n) is 2.78. The molecule has 0 aliphatic heterocycles. The Labute approximate surface area is 116 Å². The van der Waals surface area contributed by atoms with Crippen LogP contribution >= 0.6 is 0 Å². The van der Waals surface area contributed by atoms with Crippen LogP contribution < -0.4 is 9.47 Å². The quantitative estimate of drug-likeness (QED) is 0.598. The van der Waals surface area contributed by atoms with Crippen LogP contribution in [0.25, 0.3) is 0 Å². The van der Waals surface area contributed by atoms with Gasteiger partial charge in [0.25, 0.3) is 0 Å². The van der Waals surface area contributed by atoms with Crippen LogP contribution in [-0.2, 0) is 4.43 Å². The zero-order valence-corrected chi connectivity index (χ0v) is 13.2. The van der Waals surface area contributed by atoms with E-state index in [4.69, 9.17) is 13.9 Å². The van der Waals surface area contributed by atoms with Crippen molar-refractivity contribution in [2.75, 3.05) is 0 Å². The van der Waals surface area contributed by atoms with Crippen LogP contribution in [0, 0.1) is 0 Å². The molecule has 100 valence electrons. The predicted octanol–water partition coefficient (Wildman–Crippen LogP) is 2.51. The molecule has 2 rings (SSSR count). The molecule has 0 radical (unpaired) electrons. The molecule has 0 aromatic heterocycles. The number of rotatable bonds is 6. The smallest absolute Gasteiger partial charge is 0.360 e. The minimum absolute atomic E-state index is 0.527. The van der Waals surface area contributed by atoms with Crippen molar-refractivity contribution >= 4 is 10.5 Å². The van der Waals surface area contributed by atoms with E-state index < -0.39 is 5.97 Å². The number of hydrogen-bond acceptors (Lipinski definition) is 3. The Hall–Kier alpha value is -1.78. The highest BCUT2D eigenvalue weighted by Gasteiger charge is 2.32. The van der Waals surface area contributed by atoms with Gasteiger partial charge in [0, 0.05) is 0 Å². The summed E-state index contributed by atoms with van der Waals surface area (Å²) < 4.78 is 17.4. The van der Waals surface area contributed by atoms with E-state index in [9.17, 15) is 0 Å². The van der Waals surface area contributed by atoms with Crippen LogP contribution in [0.2, 0.25) is 0 Å². The first kappa shape index (κ1) is 13.6. The topological polar surface area (TPSA) is 27.7 Å². The van der Waals surface area contributed by atoms with Crippen LogP contribution in [0.3, 0.4) is 0 Å². The van der Waals surface area contributed by atoms with E-state index in [-0.39, 0.29) is 0 Å². The molecule has 19 heavy (non-hydrogen) atoms. The van der Waals surface area contributed by atoms with Crippen molar-refractivity contribution in [1.29, 1.82) is 0 Å². The lowest BCUT2D eigenvalue weighted by Crippen LogP contribution is -2.44. The first-order valence-electron chi connectivity index (χ1n) is 6.31. The van der Waals surface area contributed by atoms with Gasteiger partial charge in [0.1, 0.15) is 11.5 Å². The lowest BCUT2D eigenvalue weighted by molar-refractivity contribution is -0.252. The summed E-state index contributed by atoms with van der Waals surface area (Å²) >= 11 is 0. The first-order valence-corrected chi connectivity index (χ1v) is 7.13. The van der Waals surface area contributed by atoms with Crippen LogP contribution in [-0.4, -0.2) is 16.5 Å². The highest BCUT2D eigenvalue weighted by molar-refractivity contribution is 5.98. The van der Waals surface area contributed by atoms with Crippen LogP contribution in [0.5, 0.6) is 11.5 Å². The molecule has 0 amide bonds. The molecule has 0 saturated heterocycles. The fraction of sp³-hybridized carbons (Fsp3) is 0.200. The minimum Gasteiger partial charge on any atom is -0.431 e. The molecule has 2 aromatic rings. The molecular formula is C15H18O3Si. The Bertz CT molecular complexity index is 440. The van der Waals surface area contributed by atoms with Crippen molar-refractivity contribution in [2.45, 2.75) is 19.3 Å². The average Bonchev–Trinajstić information content (AvgIpc) is 2.48. The van der Waals surface area contributed by atoms with Crippen LogP contribution in [0.15, 0.2) is 60.7 Å². The van der Waals surface area contributed by atoms with E-state index in [0.29, 0.717) is 16.9 Å². The van der Waals surface area contributed by atoms with E-state index in [1.165, 1.54) is 0 Å². The molecule has 0 spiro atoms. The molecule has 0 aliphatic carbocycles. The van der Waals surface area contributed by atoms with Crippen LogP contribution in [0.4, 0.5) is 0 Å². The number of ether oxygens (including phenoxy) is 2. The summed E-state index contributed by atoms with van der Waals surface area (Å²) in [4.78, 5) is 0. The Balaban J connectivity index is 2.18. The summed E-state index contributed by atoms with van der Waals surface area (Å²) in [6.07, 6.45) is 0.598. The third kappa shape index (κ3) is 3.59.